The molecule has 11 heteroatoms. The van der Waals surface area contributed by atoms with Crippen LogP contribution in [0.1, 0.15) is 42.5 Å². The summed E-state index contributed by atoms with van der Waals surface area (Å²) in [7, 11) is 1.53. The third kappa shape index (κ3) is 6.68. The molecule has 0 saturated carbocycles. The summed E-state index contributed by atoms with van der Waals surface area (Å²) >= 11 is 0. The quantitative estimate of drug-likeness (QED) is 0.414. The Balaban J connectivity index is 1.36. The van der Waals surface area contributed by atoms with Crippen LogP contribution in [-0.2, 0) is 17.8 Å². The Morgan fingerprint density at radius 2 is 1.51 bits per heavy atom. The Morgan fingerprint density at radius 3 is 2.24 bits per heavy atom. The van der Waals surface area contributed by atoms with Gasteiger partial charge in [0.25, 0.3) is 11.5 Å². The van der Waals surface area contributed by atoms with Crippen LogP contribution in [-0.4, -0.2) is 77.3 Å². The zero-order valence-electron chi connectivity index (χ0n) is 23.6. The van der Waals surface area contributed by atoms with Gasteiger partial charge in [0.15, 0.2) is 0 Å². The molecule has 0 aliphatic carbocycles. The Kier molecular flexibility index (Phi) is 9.15. The molecule has 2 aliphatic heterocycles. The van der Waals surface area contributed by atoms with Gasteiger partial charge in [-0.15, -0.1) is 0 Å². The fourth-order valence-electron chi connectivity index (χ4n) is 5.65. The Morgan fingerprint density at radius 1 is 0.805 bits per heavy atom. The zero-order chi connectivity index (χ0) is 28.8. The number of carbonyl (C=O) groups is 2. The van der Waals surface area contributed by atoms with Gasteiger partial charge in [0, 0.05) is 50.2 Å². The van der Waals surface area contributed by atoms with Crippen LogP contribution in [0, 0.1) is 0 Å². The molecule has 0 radical (unpaired) electrons. The lowest BCUT2D eigenvalue weighted by atomic mass is 10.1. The number of likely N-dealkylation sites (tertiary alicyclic amines) is 2. The first-order chi connectivity index (χ1) is 19.9. The molecule has 2 fully saturated rings. The largest absolute Gasteiger partial charge is 0.383 e. The molecule has 3 heterocycles. The smallest absolute Gasteiger partial charge is 0.331 e. The van der Waals surface area contributed by atoms with Crippen molar-refractivity contribution in [1.29, 1.82) is 0 Å². The first-order valence-electron chi connectivity index (χ1n) is 14.4. The topological polar surface area (TPSA) is 118 Å². The van der Waals surface area contributed by atoms with Gasteiger partial charge in [0.05, 0.1) is 24.1 Å². The minimum atomic E-state index is -0.506. The summed E-state index contributed by atoms with van der Waals surface area (Å²) in [5, 5.41) is 5.90. The molecule has 41 heavy (non-hydrogen) atoms. The number of fused-ring (bicyclic) bond motifs is 1. The molecule has 0 bridgehead atoms. The Hall–Kier alpha value is -3.96. The molecular formula is C30H38N6O5. The van der Waals surface area contributed by atoms with Gasteiger partial charge in [-0.2, -0.15) is 0 Å². The molecule has 3 amide bonds. The number of anilines is 2. The van der Waals surface area contributed by atoms with Crippen LogP contribution < -0.4 is 21.9 Å². The molecule has 2 N–H and O–H groups in total. The number of rotatable bonds is 9. The Labute approximate surface area is 238 Å². The van der Waals surface area contributed by atoms with Crippen LogP contribution >= 0.6 is 0 Å². The van der Waals surface area contributed by atoms with Gasteiger partial charge in [-0.25, -0.2) is 9.59 Å². The van der Waals surface area contributed by atoms with Crippen molar-refractivity contribution < 1.29 is 14.3 Å². The molecule has 2 saturated heterocycles. The van der Waals surface area contributed by atoms with Crippen LogP contribution in [0.2, 0.25) is 0 Å². The maximum atomic E-state index is 13.4. The van der Waals surface area contributed by atoms with E-state index in [1.54, 1.807) is 47.0 Å². The molecule has 3 aromatic rings. The summed E-state index contributed by atoms with van der Waals surface area (Å²) in [5.74, 6) is -0.0443. The van der Waals surface area contributed by atoms with Crippen molar-refractivity contribution >= 4 is 34.2 Å². The number of methoxy groups -OCH3 is 1. The molecular weight excluding hydrogens is 524 g/mol. The summed E-state index contributed by atoms with van der Waals surface area (Å²) < 4.78 is 7.99. The van der Waals surface area contributed by atoms with E-state index in [0.717, 1.165) is 58.4 Å². The lowest BCUT2D eigenvalue weighted by Crippen LogP contribution is -2.43. The normalized spacial score (nSPS) is 15.8. The van der Waals surface area contributed by atoms with E-state index in [1.807, 2.05) is 4.90 Å². The number of piperidine rings is 1. The van der Waals surface area contributed by atoms with Crippen molar-refractivity contribution in [2.75, 3.05) is 57.1 Å². The molecule has 0 unspecified atom stereocenters. The summed E-state index contributed by atoms with van der Waals surface area (Å²) in [5.41, 5.74) is 1.17. The zero-order valence-corrected chi connectivity index (χ0v) is 23.6. The van der Waals surface area contributed by atoms with E-state index in [2.05, 4.69) is 15.5 Å². The maximum absolute atomic E-state index is 13.4. The number of benzene rings is 2. The minimum absolute atomic E-state index is 0.0443. The molecule has 2 aliphatic rings. The number of nitrogens with zero attached hydrogens (tertiary/aromatic N) is 4. The minimum Gasteiger partial charge on any atom is -0.383 e. The monoisotopic (exact) mass is 562 g/mol. The van der Waals surface area contributed by atoms with Gasteiger partial charge >= 0.3 is 11.7 Å². The molecule has 0 spiro atoms. The van der Waals surface area contributed by atoms with Gasteiger partial charge in [-0.05, 0) is 75.2 Å². The van der Waals surface area contributed by atoms with Crippen LogP contribution in [0.3, 0.4) is 0 Å². The van der Waals surface area contributed by atoms with Crippen molar-refractivity contribution in [3.05, 3.63) is 68.9 Å². The van der Waals surface area contributed by atoms with Crippen LogP contribution in [0.15, 0.2) is 52.1 Å². The number of carbonyl (C=O) groups excluding carboxylic acids is 2. The maximum Gasteiger partial charge on any atom is 0.331 e. The van der Waals surface area contributed by atoms with E-state index in [4.69, 9.17) is 4.74 Å². The van der Waals surface area contributed by atoms with Crippen molar-refractivity contribution in [3.8, 4) is 0 Å². The summed E-state index contributed by atoms with van der Waals surface area (Å²) in [6, 6.07) is 11.3. The van der Waals surface area contributed by atoms with Gasteiger partial charge < -0.3 is 25.2 Å². The average molecular weight is 563 g/mol. The number of nitrogens with one attached hydrogen (secondary N) is 2. The van der Waals surface area contributed by atoms with Crippen LogP contribution in [0.4, 0.5) is 16.2 Å². The molecule has 0 atom stereocenters. The summed E-state index contributed by atoms with van der Waals surface area (Å²) in [6.07, 6.45) is 5.54. The molecule has 218 valence electrons. The van der Waals surface area contributed by atoms with E-state index in [-0.39, 0.29) is 24.7 Å². The summed E-state index contributed by atoms with van der Waals surface area (Å²) in [4.78, 5) is 56.5. The van der Waals surface area contributed by atoms with Gasteiger partial charge in [-0.1, -0.05) is 12.5 Å². The lowest BCUT2D eigenvalue weighted by molar-refractivity contribution is 0.0793. The number of ether oxygens (including phenoxy) is 1. The highest BCUT2D eigenvalue weighted by Gasteiger charge is 2.20. The second-order valence-corrected chi connectivity index (χ2v) is 10.7. The standard InChI is InChI=1S/C30H38N6O5/c1-41-19-18-36-28(38)25-21-24(10-11-26(25)35(30(36)40)17-16-33-12-3-2-4-13-33)32-29(39)31-23-9-7-8-22(20-23)27(37)34-14-5-6-15-34/h7-11,20-21H,2-6,12-19H2,1H3,(H2,31,32,39). The molecule has 5 rings (SSSR count). The second-order valence-electron chi connectivity index (χ2n) is 10.7. The highest BCUT2D eigenvalue weighted by Crippen LogP contribution is 2.19. The first-order valence-corrected chi connectivity index (χ1v) is 14.4. The second kappa shape index (κ2) is 13.1. The van der Waals surface area contributed by atoms with Gasteiger partial charge in [0.2, 0.25) is 0 Å². The van der Waals surface area contributed by atoms with E-state index in [9.17, 15) is 19.2 Å². The van der Waals surface area contributed by atoms with E-state index >= 15 is 0 Å². The predicted octanol–water partition coefficient (Wildman–Crippen LogP) is 3.18. The average Bonchev–Trinajstić information content (AvgIpc) is 3.53. The van der Waals surface area contributed by atoms with Gasteiger partial charge in [-0.3, -0.25) is 18.7 Å². The van der Waals surface area contributed by atoms with Crippen molar-refractivity contribution in [1.82, 2.24) is 18.9 Å². The van der Waals surface area contributed by atoms with Crippen LogP contribution in [0.5, 0.6) is 0 Å². The fourth-order valence-corrected chi connectivity index (χ4v) is 5.65. The third-order valence-electron chi connectivity index (χ3n) is 7.85. The molecule has 1 aromatic heterocycles. The van der Waals surface area contributed by atoms with E-state index < -0.39 is 11.6 Å². The highest BCUT2D eigenvalue weighted by molar-refractivity contribution is 6.02. The number of hydrogen-bond acceptors (Lipinski definition) is 6. The van der Waals surface area contributed by atoms with Crippen molar-refractivity contribution in [2.24, 2.45) is 0 Å². The molecule has 11 nitrogen and oxygen atoms in total. The predicted molar refractivity (Wildman–Crippen MR) is 159 cm³/mol. The summed E-state index contributed by atoms with van der Waals surface area (Å²) in [6.45, 7) is 5.06. The van der Waals surface area contributed by atoms with Crippen molar-refractivity contribution in [3.63, 3.8) is 0 Å². The first kappa shape index (κ1) is 28.6. The Bertz CT molecular complexity index is 1520. The van der Waals surface area contributed by atoms with E-state index in [1.165, 1.54) is 18.1 Å². The van der Waals surface area contributed by atoms with E-state index in [0.29, 0.717) is 34.4 Å². The number of aromatic nitrogens is 2. The van der Waals surface area contributed by atoms with Crippen LogP contribution in [0.25, 0.3) is 10.9 Å². The fraction of sp³-hybridized carbons (Fsp3) is 0.467. The number of hydrogen-bond donors (Lipinski definition) is 2. The molecule has 2 aromatic carbocycles. The van der Waals surface area contributed by atoms with Crippen molar-refractivity contribution in [2.45, 2.75) is 45.2 Å². The highest BCUT2D eigenvalue weighted by atomic mass is 16.5. The number of urea groups is 1. The third-order valence-corrected chi connectivity index (χ3v) is 7.85. The number of amides is 3. The van der Waals surface area contributed by atoms with Gasteiger partial charge in [0.1, 0.15) is 0 Å². The lowest BCUT2D eigenvalue weighted by Gasteiger charge is -2.27. The SMILES string of the molecule is COCCn1c(=O)c2cc(NC(=O)Nc3cccc(C(=O)N4CCCC4)c3)ccc2n(CCN2CCCCC2)c1=O.